The first-order valence-corrected chi connectivity index (χ1v) is 4.69. The molecule has 0 atom stereocenters. The third kappa shape index (κ3) is 2.01. The SMILES string of the molecule is CC1(C)CC(=O)N(C/C=C/CN)C1=O. The summed E-state index contributed by atoms with van der Waals surface area (Å²) in [6.07, 6.45) is 3.80. The van der Waals surface area contributed by atoms with Gasteiger partial charge in [-0.2, -0.15) is 0 Å². The second-order valence-corrected chi connectivity index (χ2v) is 4.08. The molecule has 1 fully saturated rings. The predicted molar refractivity (Wildman–Crippen MR) is 53.3 cm³/mol. The second-order valence-electron chi connectivity index (χ2n) is 4.08. The molecule has 1 aliphatic heterocycles. The van der Waals surface area contributed by atoms with Gasteiger partial charge >= 0.3 is 0 Å². The van der Waals surface area contributed by atoms with Crippen molar-refractivity contribution in [3.63, 3.8) is 0 Å². The van der Waals surface area contributed by atoms with Crippen LogP contribution in [0.1, 0.15) is 20.3 Å². The fourth-order valence-electron chi connectivity index (χ4n) is 1.49. The molecule has 14 heavy (non-hydrogen) atoms. The molecule has 78 valence electrons. The van der Waals surface area contributed by atoms with E-state index in [0.29, 0.717) is 19.5 Å². The molecule has 0 spiro atoms. The van der Waals surface area contributed by atoms with Crippen LogP contribution in [0.2, 0.25) is 0 Å². The normalized spacial score (nSPS) is 21.2. The number of carbonyl (C=O) groups is 2. The molecule has 0 radical (unpaired) electrons. The maximum Gasteiger partial charge on any atom is 0.235 e. The van der Waals surface area contributed by atoms with Crippen molar-refractivity contribution in [3.05, 3.63) is 12.2 Å². The summed E-state index contributed by atoms with van der Waals surface area (Å²) in [4.78, 5) is 24.4. The number of amides is 2. The van der Waals surface area contributed by atoms with Gasteiger partial charge in [0.15, 0.2) is 0 Å². The van der Waals surface area contributed by atoms with Crippen molar-refractivity contribution in [2.75, 3.05) is 13.1 Å². The van der Waals surface area contributed by atoms with Crippen molar-refractivity contribution in [3.8, 4) is 0 Å². The van der Waals surface area contributed by atoms with E-state index in [0.717, 1.165) is 0 Å². The molecule has 0 aromatic carbocycles. The second kappa shape index (κ2) is 3.92. The number of carbonyl (C=O) groups excluding carboxylic acids is 2. The van der Waals surface area contributed by atoms with E-state index in [-0.39, 0.29) is 11.8 Å². The first-order valence-electron chi connectivity index (χ1n) is 4.69. The van der Waals surface area contributed by atoms with Crippen molar-refractivity contribution < 1.29 is 9.59 Å². The molecule has 1 rings (SSSR count). The summed E-state index contributed by atoms with van der Waals surface area (Å²) >= 11 is 0. The maximum atomic E-state index is 11.7. The molecule has 4 nitrogen and oxygen atoms in total. The standard InChI is InChI=1S/C10H16N2O2/c1-10(2)7-8(13)12(9(10)14)6-4-3-5-11/h3-4H,5-7,11H2,1-2H3/b4-3+. The van der Waals surface area contributed by atoms with E-state index in [9.17, 15) is 9.59 Å². The molecule has 2 amide bonds. The quantitative estimate of drug-likeness (QED) is 0.521. The molecule has 1 heterocycles. The first-order chi connectivity index (χ1) is 6.49. The van der Waals surface area contributed by atoms with Crippen LogP contribution in [0.3, 0.4) is 0 Å². The van der Waals surface area contributed by atoms with Gasteiger partial charge in [-0.25, -0.2) is 0 Å². The van der Waals surface area contributed by atoms with Gasteiger partial charge in [-0.3, -0.25) is 14.5 Å². The Labute approximate surface area is 83.8 Å². The Kier molecular flexibility index (Phi) is 3.06. The number of hydrogen-bond acceptors (Lipinski definition) is 3. The number of likely N-dealkylation sites (tertiary alicyclic amines) is 1. The minimum absolute atomic E-state index is 0.0934. The monoisotopic (exact) mass is 196 g/mol. The Bertz CT molecular complexity index is 282. The fourth-order valence-corrected chi connectivity index (χ4v) is 1.49. The number of nitrogens with two attached hydrogens (primary N) is 1. The average molecular weight is 196 g/mol. The van der Waals surface area contributed by atoms with Crippen molar-refractivity contribution >= 4 is 11.8 Å². The summed E-state index contributed by atoms with van der Waals surface area (Å²) in [6.45, 7) is 4.36. The number of imide groups is 1. The van der Waals surface area contributed by atoms with E-state index in [1.54, 1.807) is 26.0 Å². The van der Waals surface area contributed by atoms with E-state index in [4.69, 9.17) is 5.73 Å². The number of rotatable bonds is 3. The summed E-state index contributed by atoms with van der Waals surface area (Å²) in [7, 11) is 0. The Morgan fingerprint density at radius 1 is 1.43 bits per heavy atom. The lowest BCUT2D eigenvalue weighted by atomic mass is 9.92. The largest absolute Gasteiger partial charge is 0.327 e. The summed E-state index contributed by atoms with van der Waals surface area (Å²) < 4.78 is 0. The van der Waals surface area contributed by atoms with E-state index >= 15 is 0 Å². The third-order valence-electron chi connectivity index (χ3n) is 2.31. The Balaban J connectivity index is 2.67. The van der Waals surface area contributed by atoms with Crippen LogP contribution in [0, 0.1) is 5.41 Å². The highest BCUT2D eigenvalue weighted by Gasteiger charge is 2.43. The number of nitrogens with zero attached hydrogens (tertiary/aromatic N) is 1. The molecule has 4 heteroatoms. The van der Waals surface area contributed by atoms with Gasteiger partial charge in [0.1, 0.15) is 0 Å². The van der Waals surface area contributed by atoms with Gasteiger partial charge in [0, 0.05) is 19.5 Å². The first kappa shape index (κ1) is 10.9. The van der Waals surface area contributed by atoms with Crippen molar-refractivity contribution in [2.24, 2.45) is 11.1 Å². The topological polar surface area (TPSA) is 63.4 Å². The van der Waals surface area contributed by atoms with E-state index in [1.807, 2.05) is 0 Å². The maximum absolute atomic E-state index is 11.7. The summed E-state index contributed by atoms with van der Waals surface area (Å²) in [6, 6.07) is 0. The molecule has 2 N–H and O–H groups in total. The lowest BCUT2D eigenvalue weighted by Gasteiger charge is -2.15. The lowest BCUT2D eigenvalue weighted by molar-refractivity contribution is -0.140. The minimum Gasteiger partial charge on any atom is -0.327 e. The molecule has 0 aliphatic carbocycles. The van der Waals surface area contributed by atoms with Crippen LogP contribution in [-0.4, -0.2) is 29.8 Å². The molecule has 0 saturated carbocycles. The van der Waals surface area contributed by atoms with Crippen molar-refractivity contribution in [1.29, 1.82) is 0 Å². The van der Waals surface area contributed by atoms with Crippen molar-refractivity contribution in [2.45, 2.75) is 20.3 Å². The molecule has 0 aromatic heterocycles. The number of hydrogen-bond donors (Lipinski definition) is 1. The van der Waals surface area contributed by atoms with Gasteiger partial charge in [-0.1, -0.05) is 26.0 Å². The van der Waals surface area contributed by atoms with Gasteiger partial charge in [-0.15, -0.1) is 0 Å². The van der Waals surface area contributed by atoms with Crippen LogP contribution in [-0.2, 0) is 9.59 Å². The third-order valence-corrected chi connectivity index (χ3v) is 2.31. The van der Waals surface area contributed by atoms with Gasteiger partial charge < -0.3 is 5.73 Å². The van der Waals surface area contributed by atoms with Crippen LogP contribution in [0.15, 0.2) is 12.2 Å². The van der Waals surface area contributed by atoms with Crippen LogP contribution in [0.5, 0.6) is 0 Å². The summed E-state index contributed by atoms with van der Waals surface area (Å²) in [5.41, 5.74) is 4.73. The van der Waals surface area contributed by atoms with E-state index in [1.165, 1.54) is 4.90 Å². The zero-order valence-corrected chi connectivity index (χ0v) is 8.62. The zero-order valence-electron chi connectivity index (χ0n) is 8.62. The van der Waals surface area contributed by atoms with Gasteiger partial charge in [-0.05, 0) is 0 Å². The Morgan fingerprint density at radius 2 is 2.07 bits per heavy atom. The van der Waals surface area contributed by atoms with Crippen LogP contribution in [0.25, 0.3) is 0 Å². The van der Waals surface area contributed by atoms with Gasteiger partial charge in [0.25, 0.3) is 0 Å². The lowest BCUT2D eigenvalue weighted by Crippen LogP contribution is -2.33. The van der Waals surface area contributed by atoms with Gasteiger partial charge in [0.05, 0.1) is 5.41 Å². The van der Waals surface area contributed by atoms with Crippen LogP contribution >= 0.6 is 0 Å². The van der Waals surface area contributed by atoms with E-state index in [2.05, 4.69) is 0 Å². The Morgan fingerprint density at radius 3 is 2.50 bits per heavy atom. The fraction of sp³-hybridized carbons (Fsp3) is 0.600. The molecule has 1 aliphatic rings. The molecular formula is C10H16N2O2. The highest BCUT2D eigenvalue weighted by atomic mass is 16.2. The zero-order chi connectivity index (χ0) is 10.8. The average Bonchev–Trinajstić information content (AvgIpc) is 2.27. The predicted octanol–water partition coefficient (Wildman–Crippen LogP) is 0.286. The molecule has 0 aromatic rings. The molecule has 0 bridgehead atoms. The molecule has 1 saturated heterocycles. The minimum atomic E-state index is -0.534. The van der Waals surface area contributed by atoms with Crippen molar-refractivity contribution in [1.82, 2.24) is 4.90 Å². The van der Waals surface area contributed by atoms with Gasteiger partial charge in [0.2, 0.25) is 11.8 Å². The summed E-state index contributed by atoms with van der Waals surface area (Å²) in [5, 5.41) is 0. The highest BCUT2D eigenvalue weighted by molar-refractivity contribution is 6.05. The molecular weight excluding hydrogens is 180 g/mol. The molecule has 0 unspecified atom stereocenters. The smallest absolute Gasteiger partial charge is 0.235 e. The van der Waals surface area contributed by atoms with E-state index < -0.39 is 5.41 Å². The summed E-state index contributed by atoms with van der Waals surface area (Å²) in [5.74, 6) is -0.189. The Hall–Kier alpha value is -1.16. The van der Waals surface area contributed by atoms with Crippen LogP contribution in [0.4, 0.5) is 0 Å². The van der Waals surface area contributed by atoms with Crippen LogP contribution < -0.4 is 5.73 Å². The highest BCUT2D eigenvalue weighted by Crippen LogP contribution is 2.31.